The Morgan fingerprint density at radius 2 is 1.87 bits per heavy atom. The van der Waals surface area contributed by atoms with Crippen LogP contribution in [0.3, 0.4) is 0 Å². The third-order valence-corrected chi connectivity index (χ3v) is 8.49. The standard InChI is InChI=1S/C34H34N6O4S/c1-6-40-18-21(2)32(44-19-22-10-8-7-9-11-22)31(40)34-38-27(20-45-34)30-25-17-36-39(3)28(25)15-26(37-30)33(41)35-16-23-12-13-24(42-4)14-29(23)43-5/h7-15,17-18,20H,6,16,19H2,1-5H3,(H,35,41). The molecule has 6 aromatic rings. The van der Waals surface area contributed by atoms with E-state index >= 15 is 0 Å². The van der Waals surface area contributed by atoms with Crippen LogP contribution in [-0.2, 0) is 26.7 Å². The highest BCUT2D eigenvalue weighted by molar-refractivity contribution is 7.13. The zero-order valence-corrected chi connectivity index (χ0v) is 26.6. The van der Waals surface area contributed by atoms with Gasteiger partial charge in [0.2, 0.25) is 0 Å². The lowest BCUT2D eigenvalue weighted by Gasteiger charge is -2.12. The van der Waals surface area contributed by atoms with Gasteiger partial charge in [-0.1, -0.05) is 30.3 Å². The van der Waals surface area contributed by atoms with Crippen molar-refractivity contribution in [2.45, 2.75) is 33.5 Å². The minimum atomic E-state index is -0.320. The number of benzene rings is 2. The summed E-state index contributed by atoms with van der Waals surface area (Å²) >= 11 is 1.52. The summed E-state index contributed by atoms with van der Waals surface area (Å²) in [6.07, 6.45) is 3.85. The number of aryl methyl sites for hydroxylation is 3. The Hall–Kier alpha value is -5.16. The SMILES string of the molecule is CCn1cc(C)c(OCc2ccccc2)c1-c1nc(-c2nc(C(=O)NCc3ccc(OC)cc3OC)cc3c2cnn3C)cs1. The van der Waals surface area contributed by atoms with E-state index in [1.807, 2.05) is 42.8 Å². The lowest BCUT2D eigenvalue weighted by molar-refractivity contribution is 0.0946. The second-order valence-electron chi connectivity index (χ2n) is 10.5. The quantitative estimate of drug-likeness (QED) is 0.178. The molecular weight excluding hydrogens is 588 g/mol. The fourth-order valence-corrected chi connectivity index (χ4v) is 6.13. The molecule has 0 saturated carbocycles. The zero-order chi connectivity index (χ0) is 31.5. The minimum Gasteiger partial charge on any atom is -0.497 e. The number of hydrogen-bond donors (Lipinski definition) is 1. The third-order valence-electron chi connectivity index (χ3n) is 7.64. The number of nitrogens with zero attached hydrogens (tertiary/aromatic N) is 5. The summed E-state index contributed by atoms with van der Waals surface area (Å²) in [4.78, 5) is 23.3. The van der Waals surface area contributed by atoms with Crippen LogP contribution in [-0.4, -0.2) is 44.4 Å². The summed E-state index contributed by atoms with van der Waals surface area (Å²) in [5.74, 6) is 1.79. The Bertz CT molecular complexity index is 1980. The first-order chi connectivity index (χ1) is 21.9. The van der Waals surface area contributed by atoms with Crippen LogP contribution >= 0.6 is 11.3 Å². The van der Waals surface area contributed by atoms with Gasteiger partial charge in [0.05, 0.1) is 25.9 Å². The van der Waals surface area contributed by atoms with E-state index < -0.39 is 0 Å². The molecule has 0 aliphatic rings. The maximum atomic E-state index is 13.4. The highest BCUT2D eigenvalue weighted by atomic mass is 32.1. The van der Waals surface area contributed by atoms with E-state index in [0.717, 1.165) is 50.6 Å². The largest absolute Gasteiger partial charge is 0.497 e. The van der Waals surface area contributed by atoms with Gasteiger partial charge in [-0.2, -0.15) is 5.10 Å². The molecule has 45 heavy (non-hydrogen) atoms. The number of nitrogens with one attached hydrogen (secondary N) is 1. The Kier molecular flexibility index (Phi) is 8.52. The van der Waals surface area contributed by atoms with Gasteiger partial charge in [0.25, 0.3) is 5.91 Å². The Balaban J connectivity index is 1.32. The molecule has 0 aliphatic carbocycles. The van der Waals surface area contributed by atoms with Gasteiger partial charge in [0, 0.05) is 54.3 Å². The van der Waals surface area contributed by atoms with Crippen molar-refractivity contribution in [2.75, 3.05) is 14.2 Å². The highest BCUT2D eigenvalue weighted by Crippen LogP contribution is 2.39. The first kappa shape index (κ1) is 29.9. The van der Waals surface area contributed by atoms with E-state index in [-0.39, 0.29) is 18.1 Å². The maximum Gasteiger partial charge on any atom is 0.270 e. The summed E-state index contributed by atoms with van der Waals surface area (Å²) in [5, 5.41) is 11.0. The van der Waals surface area contributed by atoms with Crippen LogP contribution in [0.25, 0.3) is 33.0 Å². The monoisotopic (exact) mass is 622 g/mol. The van der Waals surface area contributed by atoms with Crippen molar-refractivity contribution in [1.29, 1.82) is 0 Å². The van der Waals surface area contributed by atoms with Crippen molar-refractivity contribution >= 4 is 28.1 Å². The molecule has 230 valence electrons. The number of aromatic nitrogens is 5. The number of rotatable bonds is 11. The molecule has 6 rings (SSSR count). The highest BCUT2D eigenvalue weighted by Gasteiger charge is 2.22. The van der Waals surface area contributed by atoms with Crippen molar-refractivity contribution in [2.24, 2.45) is 7.05 Å². The molecule has 0 bridgehead atoms. The summed E-state index contributed by atoms with van der Waals surface area (Å²) in [5.41, 5.74) is 6.17. The lowest BCUT2D eigenvalue weighted by atomic mass is 10.1. The van der Waals surface area contributed by atoms with Crippen molar-refractivity contribution in [3.8, 4) is 39.3 Å². The fraction of sp³-hybridized carbons (Fsp3) is 0.235. The van der Waals surface area contributed by atoms with Crippen molar-refractivity contribution < 1.29 is 19.0 Å². The third kappa shape index (κ3) is 5.99. The van der Waals surface area contributed by atoms with Crippen LogP contribution in [0.4, 0.5) is 0 Å². The second-order valence-corrected chi connectivity index (χ2v) is 11.4. The van der Waals surface area contributed by atoms with E-state index in [0.29, 0.717) is 29.5 Å². The lowest BCUT2D eigenvalue weighted by Crippen LogP contribution is -2.24. The number of methoxy groups -OCH3 is 2. The first-order valence-electron chi connectivity index (χ1n) is 14.5. The van der Waals surface area contributed by atoms with Crippen LogP contribution in [0.15, 0.2) is 72.4 Å². The predicted octanol–water partition coefficient (Wildman–Crippen LogP) is 6.41. The number of ether oxygens (including phenoxy) is 3. The summed E-state index contributed by atoms with van der Waals surface area (Å²) in [6, 6.07) is 17.3. The van der Waals surface area contributed by atoms with Crippen LogP contribution in [0, 0.1) is 6.92 Å². The average molecular weight is 623 g/mol. The van der Waals surface area contributed by atoms with E-state index in [1.165, 1.54) is 11.3 Å². The van der Waals surface area contributed by atoms with Crippen LogP contribution in [0.5, 0.6) is 17.2 Å². The Morgan fingerprint density at radius 3 is 2.62 bits per heavy atom. The number of thiazole rings is 1. The summed E-state index contributed by atoms with van der Waals surface area (Å²) in [6.45, 7) is 5.63. The molecule has 4 aromatic heterocycles. The van der Waals surface area contributed by atoms with Gasteiger partial charge in [0.15, 0.2) is 5.75 Å². The molecule has 0 fully saturated rings. The zero-order valence-electron chi connectivity index (χ0n) is 25.8. The van der Waals surface area contributed by atoms with E-state index in [2.05, 4.69) is 47.2 Å². The Morgan fingerprint density at radius 1 is 1.04 bits per heavy atom. The molecule has 1 N–H and O–H groups in total. The number of carbonyl (C=O) groups excluding carboxylic acids is 1. The van der Waals surface area contributed by atoms with Crippen molar-refractivity contribution in [1.82, 2.24) is 29.6 Å². The van der Waals surface area contributed by atoms with E-state index in [1.54, 1.807) is 37.2 Å². The number of carbonyl (C=O) groups is 1. The molecule has 1 amide bonds. The number of amides is 1. The molecule has 0 radical (unpaired) electrons. The van der Waals surface area contributed by atoms with Crippen molar-refractivity contribution in [3.63, 3.8) is 0 Å². The van der Waals surface area contributed by atoms with Gasteiger partial charge in [-0.05, 0) is 37.6 Å². The molecule has 2 aromatic carbocycles. The topological polar surface area (TPSA) is 105 Å². The smallest absolute Gasteiger partial charge is 0.270 e. The summed E-state index contributed by atoms with van der Waals surface area (Å²) < 4.78 is 21.0. The van der Waals surface area contributed by atoms with Crippen molar-refractivity contribution in [3.05, 3.63) is 94.8 Å². The fourth-order valence-electron chi connectivity index (χ4n) is 5.27. The number of pyridine rings is 1. The number of fused-ring (bicyclic) bond motifs is 1. The molecule has 4 heterocycles. The second kappa shape index (κ2) is 12.8. The molecule has 0 spiro atoms. The summed E-state index contributed by atoms with van der Waals surface area (Å²) in [7, 11) is 5.03. The van der Waals surface area contributed by atoms with Gasteiger partial charge in [-0.15, -0.1) is 11.3 Å². The molecular formula is C34H34N6O4S. The average Bonchev–Trinajstić information content (AvgIpc) is 3.79. The van der Waals surface area contributed by atoms with Gasteiger partial charge in [0.1, 0.15) is 45.9 Å². The Labute approximate surface area is 265 Å². The number of hydrogen-bond acceptors (Lipinski definition) is 8. The van der Waals surface area contributed by atoms with Gasteiger partial charge in [-0.3, -0.25) is 9.48 Å². The normalized spacial score (nSPS) is 11.1. The van der Waals surface area contributed by atoms with E-state index in [9.17, 15) is 4.79 Å². The molecule has 0 saturated heterocycles. The molecule has 0 unspecified atom stereocenters. The first-order valence-corrected chi connectivity index (χ1v) is 15.4. The van der Waals surface area contributed by atoms with Crippen LogP contribution in [0.2, 0.25) is 0 Å². The van der Waals surface area contributed by atoms with Gasteiger partial charge < -0.3 is 24.1 Å². The maximum absolute atomic E-state index is 13.4. The van der Waals surface area contributed by atoms with Crippen LogP contribution in [0.1, 0.15) is 34.1 Å². The predicted molar refractivity (Wildman–Crippen MR) is 175 cm³/mol. The van der Waals surface area contributed by atoms with Gasteiger partial charge in [-0.25, -0.2) is 9.97 Å². The molecule has 0 atom stereocenters. The molecule has 10 nitrogen and oxygen atoms in total. The van der Waals surface area contributed by atoms with Crippen LogP contribution < -0.4 is 19.5 Å². The molecule has 11 heteroatoms. The molecule has 0 aliphatic heterocycles. The minimum absolute atomic E-state index is 0.256. The van der Waals surface area contributed by atoms with E-state index in [4.69, 9.17) is 24.2 Å². The van der Waals surface area contributed by atoms with Gasteiger partial charge >= 0.3 is 0 Å².